The van der Waals surface area contributed by atoms with Gasteiger partial charge in [0.2, 0.25) is 5.95 Å². The van der Waals surface area contributed by atoms with Crippen molar-refractivity contribution in [2.75, 3.05) is 10.6 Å². The van der Waals surface area contributed by atoms with E-state index in [1.807, 2.05) is 49.4 Å². The van der Waals surface area contributed by atoms with Crippen LogP contribution in [0, 0.1) is 5.82 Å². The van der Waals surface area contributed by atoms with Gasteiger partial charge in [0, 0.05) is 16.9 Å². The van der Waals surface area contributed by atoms with Crippen LogP contribution in [0.15, 0.2) is 96.5 Å². The molecule has 0 aliphatic carbocycles. The Morgan fingerprint density at radius 3 is 2.56 bits per heavy atom. The van der Waals surface area contributed by atoms with Crippen LogP contribution in [0.4, 0.5) is 16.0 Å². The zero-order chi connectivity index (χ0) is 23.5. The number of aromatic nitrogens is 3. The van der Waals surface area contributed by atoms with E-state index in [0.29, 0.717) is 34.2 Å². The van der Waals surface area contributed by atoms with Crippen LogP contribution in [-0.2, 0) is 11.4 Å². The molecule has 0 radical (unpaired) electrons. The van der Waals surface area contributed by atoms with Crippen LogP contribution in [0.1, 0.15) is 24.1 Å². The molecule has 1 atom stereocenters. The first-order valence-corrected chi connectivity index (χ1v) is 10.8. The molecule has 2 heterocycles. The van der Waals surface area contributed by atoms with Gasteiger partial charge >= 0.3 is 0 Å². The van der Waals surface area contributed by atoms with Gasteiger partial charge < -0.3 is 15.4 Å². The van der Waals surface area contributed by atoms with Crippen molar-refractivity contribution >= 4 is 17.5 Å². The zero-order valence-corrected chi connectivity index (χ0v) is 18.4. The average Bonchev–Trinajstić information content (AvgIpc) is 3.32. The number of ether oxygens (including phenoxy) is 1. The van der Waals surface area contributed by atoms with Crippen LogP contribution in [0.2, 0.25) is 0 Å². The number of anilines is 2. The minimum absolute atomic E-state index is 0.121. The second-order valence-corrected chi connectivity index (χ2v) is 7.86. The number of nitrogens with zero attached hydrogens (tertiary/aromatic N) is 3. The highest BCUT2D eigenvalue weighted by Gasteiger charge is 2.33. The van der Waals surface area contributed by atoms with Crippen LogP contribution < -0.4 is 15.4 Å². The standard InChI is InChI=1S/C26H22FN5O2/c1-17-23(25(33)31-20-8-3-2-4-9-20)24(32-26(30-17)28-16-29-32)18-11-13-21(14-12-18)34-15-19-7-5-6-10-22(19)27/h2-14,16,24H,15H2,1H3,(H,31,33)(H,28,29,30)/t24-/m1/s1. The lowest BCUT2D eigenvalue weighted by atomic mass is 9.95. The molecular formula is C26H22FN5O2. The molecule has 0 bridgehead atoms. The lowest BCUT2D eigenvalue weighted by molar-refractivity contribution is -0.113. The van der Waals surface area contributed by atoms with E-state index in [-0.39, 0.29) is 18.3 Å². The quantitative estimate of drug-likeness (QED) is 0.431. The van der Waals surface area contributed by atoms with Gasteiger partial charge in [0.1, 0.15) is 30.5 Å². The van der Waals surface area contributed by atoms with Crippen molar-refractivity contribution in [2.24, 2.45) is 0 Å². The highest BCUT2D eigenvalue weighted by atomic mass is 19.1. The van der Waals surface area contributed by atoms with E-state index >= 15 is 0 Å². The van der Waals surface area contributed by atoms with Crippen LogP contribution in [-0.4, -0.2) is 20.7 Å². The molecule has 0 fully saturated rings. The van der Waals surface area contributed by atoms with Gasteiger partial charge in [-0.1, -0.05) is 48.5 Å². The van der Waals surface area contributed by atoms with Gasteiger partial charge in [0.05, 0.1) is 5.57 Å². The first-order chi connectivity index (χ1) is 16.6. The zero-order valence-electron chi connectivity index (χ0n) is 18.4. The molecule has 1 aliphatic heterocycles. The molecule has 5 rings (SSSR count). The molecule has 3 aromatic carbocycles. The Morgan fingerprint density at radius 1 is 1.06 bits per heavy atom. The van der Waals surface area contributed by atoms with Gasteiger partial charge in [-0.25, -0.2) is 9.07 Å². The van der Waals surface area contributed by atoms with Crippen molar-refractivity contribution in [2.45, 2.75) is 19.6 Å². The minimum atomic E-state index is -0.483. The molecule has 2 N–H and O–H groups in total. The van der Waals surface area contributed by atoms with Gasteiger partial charge in [-0.3, -0.25) is 4.79 Å². The summed E-state index contributed by atoms with van der Waals surface area (Å²) >= 11 is 0. The largest absolute Gasteiger partial charge is 0.489 e. The summed E-state index contributed by atoms with van der Waals surface area (Å²) in [5.74, 6) is 0.610. The third kappa shape index (κ3) is 4.25. The number of halogens is 1. The maximum absolute atomic E-state index is 13.9. The molecule has 34 heavy (non-hydrogen) atoms. The highest BCUT2D eigenvalue weighted by molar-refractivity contribution is 6.06. The molecule has 1 aromatic heterocycles. The van der Waals surface area contributed by atoms with Crippen LogP contribution in [0.5, 0.6) is 5.75 Å². The lowest BCUT2D eigenvalue weighted by Crippen LogP contribution is -2.31. The number of hydrogen-bond donors (Lipinski definition) is 2. The summed E-state index contributed by atoms with van der Waals surface area (Å²) in [6.45, 7) is 1.97. The topological polar surface area (TPSA) is 81.1 Å². The Balaban J connectivity index is 1.42. The van der Waals surface area contributed by atoms with Crippen molar-refractivity contribution < 1.29 is 13.9 Å². The molecule has 0 spiro atoms. The number of rotatable bonds is 6. The monoisotopic (exact) mass is 455 g/mol. The number of para-hydroxylation sites is 1. The van der Waals surface area contributed by atoms with E-state index in [4.69, 9.17) is 4.74 Å². The number of fused-ring (bicyclic) bond motifs is 1. The summed E-state index contributed by atoms with van der Waals surface area (Å²) < 4.78 is 21.3. The fourth-order valence-electron chi connectivity index (χ4n) is 3.94. The lowest BCUT2D eigenvalue weighted by Gasteiger charge is -2.28. The average molecular weight is 455 g/mol. The summed E-state index contributed by atoms with van der Waals surface area (Å²) in [6.07, 6.45) is 1.45. The van der Waals surface area contributed by atoms with Crippen LogP contribution in [0.25, 0.3) is 0 Å². The van der Waals surface area contributed by atoms with E-state index in [1.165, 1.54) is 12.4 Å². The second kappa shape index (κ2) is 9.19. The molecule has 1 aliphatic rings. The van der Waals surface area contributed by atoms with E-state index in [9.17, 15) is 9.18 Å². The summed E-state index contributed by atoms with van der Waals surface area (Å²) in [6, 6.07) is 22.7. The fraction of sp³-hybridized carbons (Fsp3) is 0.115. The Hall–Kier alpha value is -4.46. The molecule has 1 amide bonds. The maximum atomic E-state index is 13.9. The van der Waals surface area contributed by atoms with Gasteiger partial charge in [0.25, 0.3) is 5.91 Å². The van der Waals surface area contributed by atoms with Gasteiger partial charge in [0.15, 0.2) is 0 Å². The summed E-state index contributed by atoms with van der Waals surface area (Å²) in [5.41, 5.74) is 3.24. The number of allylic oxidation sites excluding steroid dienone is 1. The molecule has 0 unspecified atom stereocenters. The third-order valence-corrected chi connectivity index (χ3v) is 5.62. The van der Waals surface area contributed by atoms with Crippen molar-refractivity contribution in [3.63, 3.8) is 0 Å². The molecule has 7 nitrogen and oxygen atoms in total. The number of carbonyl (C=O) groups is 1. The molecule has 0 saturated carbocycles. The third-order valence-electron chi connectivity index (χ3n) is 5.62. The molecule has 4 aromatic rings. The van der Waals surface area contributed by atoms with E-state index in [2.05, 4.69) is 20.7 Å². The Kier molecular flexibility index (Phi) is 5.78. The number of benzene rings is 3. The van der Waals surface area contributed by atoms with Crippen molar-refractivity contribution in [3.05, 3.63) is 113 Å². The summed E-state index contributed by atoms with van der Waals surface area (Å²) in [7, 11) is 0. The first kappa shape index (κ1) is 21.4. The van der Waals surface area contributed by atoms with Gasteiger partial charge in [-0.2, -0.15) is 10.1 Å². The van der Waals surface area contributed by atoms with Crippen molar-refractivity contribution in [3.8, 4) is 5.75 Å². The van der Waals surface area contributed by atoms with E-state index in [1.54, 1.807) is 35.0 Å². The Morgan fingerprint density at radius 2 is 1.79 bits per heavy atom. The number of carbonyl (C=O) groups excluding carboxylic acids is 1. The summed E-state index contributed by atoms with van der Waals surface area (Å²) in [5, 5.41) is 10.5. The molecule has 170 valence electrons. The Labute approximate surface area is 195 Å². The van der Waals surface area contributed by atoms with E-state index < -0.39 is 6.04 Å². The maximum Gasteiger partial charge on any atom is 0.255 e. The van der Waals surface area contributed by atoms with Crippen LogP contribution in [0.3, 0.4) is 0 Å². The predicted octanol–water partition coefficient (Wildman–Crippen LogP) is 4.92. The highest BCUT2D eigenvalue weighted by Crippen LogP contribution is 2.35. The smallest absolute Gasteiger partial charge is 0.255 e. The minimum Gasteiger partial charge on any atom is -0.489 e. The molecule has 8 heteroatoms. The Bertz CT molecular complexity index is 1350. The summed E-state index contributed by atoms with van der Waals surface area (Å²) in [4.78, 5) is 17.6. The fourth-order valence-corrected chi connectivity index (χ4v) is 3.94. The number of nitrogens with one attached hydrogen (secondary N) is 2. The normalized spacial score (nSPS) is 14.8. The second-order valence-electron chi connectivity index (χ2n) is 7.86. The number of hydrogen-bond acceptors (Lipinski definition) is 5. The SMILES string of the molecule is CC1=C(C(=O)Nc2ccccc2)[C@@H](c2ccc(OCc3ccccc3F)cc2)n2ncnc2N1. The molecule has 0 saturated heterocycles. The van der Waals surface area contributed by atoms with Gasteiger partial charge in [-0.15, -0.1) is 0 Å². The van der Waals surface area contributed by atoms with Crippen molar-refractivity contribution in [1.82, 2.24) is 14.8 Å². The predicted molar refractivity (Wildman–Crippen MR) is 127 cm³/mol. The van der Waals surface area contributed by atoms with Crippen molar-refractivity contribution in [1.29, 1.82) is 0 Å². The van der Waals surface area contributed by atoms with E-state index in [0.717, 1.165) is 5.56 Å². The molecular weight excluding hydrogens is 433 g/mol. The number of amides is 1. The van der Waals surface area contributed by atoms with Gasteiger partial charge in [-0.05, 0) is 42.8 Å². The van der Waals surface area contributed by atoms with Crippen LogP contribution >= 0.6 is 0 Å². The first-order valence-electron chi connectivity index (χ1n) is 10.8.